The summed E-state index contributed by atoms with van der Waals surface area (Å²) in [5.74, 6) is 0. The zero-order chi connectivity index (χ0) is 12.2. The van der Waals surface area contributed by atoms with Crippen LogP contribution in [0.15, 0.2) is 0 Å². The Morgan fingerprint density at radius 3 is 2.44 bits per heavy atom. The van der Waals surface area contributed by atoms with Gasteiger partial charge in [-0.1, -0.05) is 19.3 Å². The number of nitrogens with two attached hydrogens (primary N) is 1. The van der Waals surface area contributed by atoms with Gasteiger partial charge in [-0.3, -0.25) is 0 Å². The highest BCUT2D eigenvalue weighted by molar-refractivity contribution is 5.75. The van der Waals surface area contributed by atoms with Gasteiger partial charge in [0.05, 0.1) is 0 Å². The molecule has 94 valence electrons. The summed E-state index contributed by atoms with van der Waals surface area (Å²) >= 11 is 0. The topological polar surface area (TPSA) is 67.2 Å². The van der Waals surface area contributed by atoms with Crippen LogP contribution in [-0.2, 0) is 0 Å². The van der Waals surface area contributed by atoms with Crippen LogP contribution in [0, 0.1) is 0 Å². The molecule has 1 saturated carbocycles. The Labute approximate surface area is 98.3 Å². The molecule has 0 aromatic heterocycles. The van der Waals surface area contributed by atoms with Crippen molar-refractivity contribution in [1.29, 1.82) is 0 Å². The molecule has 1 rings (SSSR count). The largest absolute Gasteiger partial charge is 0.334 e. The minimum atomic E-state index is -0.196. The third kappa shape index (κ3) is 4.84. The normalized spacial score (nSPS) is 27.0. The average molecular weight is 227 g/mol. The van der Waals surface area contributed by atoms with Gasteiger partial charge in [-0.25, -0.2) is 4.79 Å². The molecule has 0 heterocycles. The van der Waals surface area contributed by atoms with Crippen molar-refractivity contribution < 1.29 is 4.79 Å². The van der Waals surface area contributed by atoms with Crippen LogP contribution in [0.1, 0.15) is 52.9 Å². The predicted octanol–water partition coefficient (Wildman–Crippen LogP) is 1.74. The molecule has 4 heteroatoms. The van der Waals surface area contributed by atoms with Crippen LogP contribution in [0.5, 0.6) is 0 Å². The maximum absolute atomic E-state index is 11.7. The Morgan fingerprint density at radius 1 is 1.19 bits per heavy atom. The third-order valence-corrected chi connectivity index (χ3v) is 2.87. The summed E-state index contributed by atoms with van der Waals surface area (Å²) in [6.07, 6.45) is 5.58. The molecule has 2 atom stereocenters. The summed E-state index contributed by atoms with van der Waals surface area (Å²) in [4.78, 5) is 11.7. The second kappa shape index (κ2) is 5.53. The van der Waals surface area contributed by atoms with Gasteiger partial charge in [-0.05, 0) is 33.6 Å². The van der Waals surface area contributed by atoms with Crippen LogP contribution < -0.4 is 16.4 Å². The van der Waals surface area contributed by atoms with Crippen molar-refractivity contribution in [2.45, 2.75) is 70.5 Å². The van der Waals surface area contributed by atoms with Gasteiger partial charge in [0.1, 0.15) is 0 Å². The summed E-state index contributed by atoms with van der Waals surface area (Å²) in [6, 6.07) is 0.132. The van der Waals surface area contributed by atoms with Crippen molar-refractivity contribution in [3.05, 3.63) is 0 Å². The average Bonchev–Trinajstić information content (AvgIpc) is 2.29. The van der Waals surface area contributed by atoms with Crippen LogP contribution in [0.2, 0.25) is 0 Å². The summed E-state index contributed by atoms with van der Waals surface area (Å²) in [7, 11) is 0. The first-order valence-corrected chi connectivity index (χ1v) is 6.23. The lowest BCUT2D eigenvalue weighted by atomic mass is 10.0. The van der Waals surface area contributed by atoms with E-state index in [4.69, 9.17) is 5.73 Å². The molecule has 2 unspecified atom stereocenters. The van der Waals surface area contributed by atoms with Gasteiger partial charge >= 0.3 is 6.03 Å². The van der Waals surface area contributed by atoms with E-state index in [2.05, 4.69) is 10.6 Å². The lowest BCUT2D eigenvalue weighted by molar-refractivity contribution is 0.225. The van der Waals surface area contributed by atoms with Gasteiger partial charge in [-0.15, -0.1) is 0 Å². The molecule has 0 aromatic rings. The highest BCUT2D eigenvalue weighted by Gasteiger charge is 2.23. The molecule has 4 nitrogen and oxygen atoms in total. The summed E-state index contributed by atoms with van der Waals surface area (Å²) < 4.78 is 0. The maximum Gasteiger partial charge on any atom is 0.315 e. The fourth-order valence-corrected chi connectivity index (χ4v) is 2.06. The van der Waals surface area contributed by atoms with Gasteiger partial charge in [0, 0.05) is 17.6 Å². The first kappa shape index (κ1) is 13.3. The number of carbonyl (C=O) groups is 1. The Bertz CT molecular complexity index is 235. The second-order valence-electron chi connectivity index (χ2n) is 5.76. The highest BCUT2D eigenvalue weighted by Crippen LogP contribution is 2.16. The van der Waals surface area contributed by atoms with E-state index < -0.39 is 0 Å². The van der Waals surface area contributed by atoms with E-state index in [-0.39, 0.29) is 23.7 Å². The van der Waals surface area contributed by atoms with Crippen molar-refractivity contribution in [3.8, 4) is 0 Å². The summed E-state index contributed by atoms with van der Waals surface area (Å²) in [5, 5.41) is 5.89. The number of carbonyl (C=O) groups excluding carboxylic acids is 1. The zero-order valence-corrected chi connectivity index (χ0v) is 10.7. The molecule has 0 aromatic carbocycles. The monoisotopic (exact) mass is 227 g/mol. The van der Waals surface area contributed by atoms with Gasteiger partial charge in [0.25, 0.3) is 0 Å². The van der Waals surface area contributed by atoms with Gasteiger partial charge in [-0.2, -0.15) is 0 Å². The highest BCUT2D eigenvalue weighted by atomic mass is 16.2. The molecule has 1 aliphatic carbocycles. The number of rotatable bonds is 1. The standard InChI is InChI=1S/C12H25N3O/c1-12(2,3)15-11(16)14-10-8-6-4-5-7-9(10)13/h9-10H,4-8,13H2,1-3H3,(H2,14,15,16). The first-order valence-electron chi connectivity index (χ1n) is 6.23. The first-order chi connectivity index (χ1) is 7.38. The molecular weight excluding hydrogens is 202 g/mol. The Kier molecular flexibility index (Phi) is 4.59. The summed E-state index contributed by atoms with van der Waals surface area (Å²) in [5.41, 5.74) is 5.85. The SMILES string of the molecule is CC(C)(C)NC(=O)NC1CCCCCC1N. The van der Waals surface area contributed by atoms with E-state index in [1.807, 2.05) is 20.8 Å². The third-order valence-electron chi connectivity index (χ3n) is 2.87. The van der Waals surface area contributed by atoms with Gasteiger partial charge in [0.2, 0.25) is 0 Å². The van der Waals surface area contributed by atoms with E-state index in [0.717, 1.165) is 19.3 Å². The maximum atomic E-state index is 11.7. The van der Waals surface area contributed by atoms with Crippen molar-refractivity contribution in [2.75, 3.05) is 0 Å². The Balaban J connectivity index is 2.42. The van der Waals surface area contributed by atoms with Crippen molar-refractivity contribution >= 4 is 6.03 Å². The zero-order valence-electron chi connectivity index (χ0n) is 10.7. The Hall–Kier alpha value is -0.770. The van der Waals surface area contributed by atoms with Crippen LogP contribution in [-0.4, -0.2) is 23.7 Å². The fourth-order valence-electron chi connectivity index (χ4n) is 2.06. The van der Waals surface area contributed by atoms with Crippen LogP contribution >= 0.6 is 0 Å². The molecule has 2 amide bonds. The van der Waals surface area contributed by atoms with E-state index in [0.29, 0.717) is 0 Å². The molecule has 4 N–H and O–H groups in total. The molecule has 0 radical (unpaired) electrons. The van der Waals surface area contributed by atoms with Gasteiger partial charge in [0.15, 0.2) is 0 Å². The minimum Gasteiger partial charge on any atom is -0.334 e. The quantitative estimate of drug-likeness (QED) is 0.597. The Morgan fingerprint density at radius 2 is 1.81 bits per heavy atom. The predicted molar refractivity (Wildman–Crippen MR) is 66.3 cm³/mol. The number of amides is 2. The van der Waals surface area contributed by atoms with E-state index in [1.165, 1.54) is 12.8 Å². The molecule has 0 bridgehead atoms. The molecule has 0 saturated heterocycles. The minimum absolute atomic E-state index is 0.102. The van der Waals surface area contributed by atoms with E-state index in [9.17, 15) is 4.79 Å². The lowest BCUT2D eigenvalue weighted by Gasteiger charge is -2.26. The number of nitrogens with one attached hydrogen (secondary N) is 2. The number of hydrogen-bond donors (Lipinski definition) is 3. The van der Waals surface area contributed by atoms with E-state index in [1.54, 1.807) is 0 Å². The molecule has 1 aliphatic rings. The van der Waals surface area contributed by atoms with Crippen molar-refractivity contribution in [2.24, 2.45) is 5.73 Å². The van der Waals surface area contributed by atoms with Gasteiger partial charge < -0.3 is 16.4 Å². The molecule has 0 aliphatic heterocycles. The van der Waals surface area contributed by atoms with Crippen LogP contribution in [0.3, 0.4) is 0 Å². The second-order valence-corrected chi connectivity index (χ2v) is 5.76. The van der Waals surface area contributed by atoms with Crippen molar-refractivity contribution in [3.63, 3.8) is 0 Å². The van der Waals surface area contributed by atoms with Crippen molar-refractivity contribution in [1.82, 2.24) is 10.6 Å². The molecule has 16 heavy (non-hydrogen) atoms. The van der Waals surface area contributed by atoms with E-state index >= 15 is 0 Å². The summed E-state index contributed by atoms with van der Waals surface area (Å²) in [6.45, 7) is 5.92. The smallest absolute Gasteiger partial charge is 0.315 e. The number of urea groups is 1. The fraction of sp³-hybridized carbons (Fsp3) is 0.917. The number of hydrogen-bond acceptors (Lipinski definition) is 2. The molecule has 0 spiro atoms. The molecular formula is C12H25N3O. The molecule has 1 fully saturated rings. The van der Waals surface area contributed by atoms with Crippen LogP contribution in [0.4, 0.5) is 4.79 Å². The van der Waals surface area contributed by atoms with Crippen LogP contribution in [0.25, 0.3) is 0 Å². The lowest BCUT2D eigenvalue weighted by Crippen LogP contribution is -2.54.